The van der Waals surface area contributed by atoms with E-state index in [9.17, 15) is 9.59 Å². The second-order valence-corrected chi connectivity index (χ2v) is 8.96. The second-order valence-electron chi connectivity index (χ2n) is 8.96. The van der Waals surface area contributed by atoms with Gasteiger partial charge in [0.2, 0.25) is 5.91 Å². The van der Waals surface area contributed by atoms with Crippen LogP contribution in [0.5, 0.6) is 5.75 Å². The van der Waals surface area contributed by atoms with Crippen LogP contribution in [-0.2, 0) is 16.0 Å². The van der Waals surface area contributed by atoms with E-state index in [1.165, 1.54) is 0 Å². The molecule has 0 bridgehead atoms. The summed E-state index contributed by atoms with van der Waals surface area (Å²) in [4.78, 5) is 24.0. The number of Topliss-reactive ketones (excluding diaryl/α,β-unsaturated/α-hetero) is 1. The molecule has 1 aromatic carbocycles. The van der Waals surface area contributed by atoms with Crippen molar-refractivity contribution >= 4 is 11.7 Å². The number of ether oxygens (including phenoxy) is 1. The molecule has 0 saturated carbocycles. The molecule has 0 aliphatic rings. The average molecular weight is 377 g/mol. The highest BCUT2D eigenvalue weighted by Crippen LogP contribution is 2.21. The van der Waals surface area contributed by atoms with Crippen molar-refractivity contribution in [3.05, 3.63) is 29.8 Å². The van der Waals surface area contributed by atoms with E-state index in [2.05, 4.69) is 31.4 Å². The van der Waals surface area contributed by atoms with Gasteiger partial charge in [0, 0.05) is 17.4 Å². The van der Waals surface area contributed by atoms with Crippen molar-refractivity contribution in [3.63, 3.8) is 0 Å². The summed E-state index contributed by atoms with van der Waals surface area (Å²) in [5.41, 5.74) is 0.549. The summed E-state index contributed by atoms with van der Waals surface area (Å²) < 4.78 is 5.65. The summed E-state index contributed by atoms with van der Waals surface area (Å²) in [5, 5.41) is 6.24. The number of ketones is 1. The van der Waals surface area contributed by atoms with E-state index in [1.54, 1.807) is 0 Å². The number of hydrogen-bond donors (Lipinski definition) is 2. The maximum Gasteiger partial charge on any atom is 0.219 e. The quantitative estimate of drug-likeness (QED) is 0.647. The Morgan fingerprint density at radius 3 is 2.11 bits per heavy atom. The minimum absolute atomic E-state index is 0.0230. The Kier molecular flexibility index (Phi) is 8.48. The molecule has 0 fully saturated rings. The molecule has 1 atom stereocenters. The molecule has 5 heteroatoms. The molecule has 0 aliphatic carbocycles. The number of benzene rings is 1. The molecule has 5 nitrogen and oxygen atoms in total. The van der Waals surface area contributed by atoms with Crippen molar-refractivity contribution in [2.24, 2.45) is 5.41 Å². The highest BCUT2D eigenvalue weighted by molar-refractivity contribution is 5.89. The third-order valence-electron chi connectivity index (χ3n) is 4.04. The molecular weight excluding hydrogens is 340 g/mol. The predicted octanol–water partition coefficient (Wildman–Crippen LogP) is 3.51. The van der Waals surface area contributed by atoms with Gasteiger partial charge in [0.05, 0.1) is 12.6 Å². The van der Waals surface area contributed by atoms with Gasteiger partial charge in [-0.05, 0) is 44.9 Å². The van der Waals surface area contributed by atoms with E-state index in [0.29, 0.717) is 26.0 Å². The Balaban J connectivity index is 2.69. The lowest BCUT2D eigenvalue weighted by molar-refractivity contribution is -0.129. The lowest BCUT2D eigenvalue weighted by atomic mass is 9.83. The number of hydrogen-bond acceptors (Lipinski definition) is 4. The van der Waals surface area contributed by atoms with Crippen LogP contribution in [0, 0.1) is 5.41 Å². The van der Waals surface area contributed by atoms with Gasteiger partial charge in [-0.3, -0.25) is 9.59 Å². The van der Waals surface area contributed by atoms with Gasteiger partial charge in [-0.2, -0.15) is 0 Å². The fraction of sp³-hybridized carbons (Fsp3) is 0.636. The minimum Gasteiger partial charge on any atom is -0.492 e. The summed E-state index contributed by atoms with van der Waals surface area (Å²) in [6, 6.07) is 7.57. The maximum absolute atomic E-state index is 12.8. The van der Waals surface area contributed by atoms with Crippen LogP contribution >= 0.6 is 0 Å². The predicted molar refractivity (Wildman–Crippen MR) is 110 cm³/mol. The van der Waals surface area contributed by atoms with E-state index >= 15 is 0 Å². The van der Waals surface area contributed by atoms with Crippen molar-refractivity contribution < 1.29 is 14.3 Å². The van der Waals surface area contributed by atoms with Crippen LogP contribution in [-0.4, -0.2) is 36.4 Å². The van der Waals surface area contributed by atoms with Gasteiger partial charge < -0.3 is 15.4 Å². The van der Waals surface area contributed by atoms with Crippen LogP contribution in [0.15, 0.2) is 24.3 Å². The molecule has 1 unspecified atom stereocenters. The Morgan fingerprint density at radius 1 is 1.04 bits per heavy atom. The number of rotatable bonds is 9. The van der Waals surface area contributed by atoms with Crippen molar-refractivity contribution in [3.8, 4) is 5.75 Å². The summed E-state index contributed by atoms with van der Waals surface area (Å²) in [5.74, 6) is 0.992. The first-order chi connectivity index (χ1) is 12.4. The van der Waals surface area contributed by atoms with Gasteiger partial charge in [0.15, 0.2) is 5.78 Å². The van der Waals surface area contributed by atoms with Crippen LogP contribution in [0.25, 0.3) is 0 Å². The van der Waals surface area contributed by atoms with Crippen molar-refractivity contribution in [2.75, 3.05) is 13.2 Å². The zero-order valence-electron chi connectivity index (χ0n) is 17.9. The summed E-state index contributed by atoms with van der Waals surface area (Å²) in [7, 11) is 0. The number of nitrogens with one attached hydrogen (secondary N) is 2. The monoisotopic (exact) mass is 376 g/mol. The van der Waals surface area contributed by atoms with Crippen molar-refractivity contribution in [1.29, 1.82) is 0 Å². The van der Waals surface area contributed by atoms with Crippen LogP contribution in [0.4, 0.5) is 0 Å². The van der Waals surface area contributed by atoms with Crippen LogP contribution < -0.4 is 15.4 Å². The molecule has 0 heterocycles. The third kappa shape index (κ3) is 9.05. The standard InChI is InChI=1S/C22H36N2O3/c1-8-19(25)23-13-14-27-17-11-9-16(10-12-17)15-18(24-22(5,6)7)20(26)21(2,3)4/h9-12,18,24H,8,13-15H2,1-7H3,(H,23,25). The fourth-order valence-electron chi connectivity index (χ4n) is 2.70. The minimum atomic E-state index is -0.394. The molecule has 152 valence electrons. The first kappa shape index (κ1) is 23.2. The lowest BCUT2D eigenvalue weighted by Gasteiger charge is -2.32. The van der Waals surface area contributed by atoms with E-state index in [-0.39, 0.29) is 23.3 Å². The topological polar surface area (TPSA) is 67.4 Å². The molecule has 0 radical (unpaired) electrons. The van der Waals surface area contributed by atoms with E-state index in [4.69, 9.17) is 4.74 Å². The highest BCUT2D eigenvalue weighted by atomic mass is 16.5. The van der Waals surface area contributed by atoms with Crippen LogP contribution in [0.2, 0.25) is 0 Å². The molecule has 0 saturated heterocycles. The molecule has 0 aromatic heterocycles. The molecule has 1 aromatic rings. The van der Waals surface area contributed by atoms with Gasteiger partial charge in [-0.1, -0.05) is 39.8 Å². The van der Waals surface area contributed by atoms with Gasteiger partial charge in [0.1, 0.15) is 12.4 Å². The zero-order valence-corrected chi connectivity index (χ0v) is 17.9. The zero-order chi connectivity index (χ0) is 20.7. The number of amides is 1. The third-order valence-corrected chi connectivity index (χ3v) is 4.04. The Labute approximate surface area is 164 Å². The highest BCUT2D eigenvalue weighted by Gasteiger charge is 2.31. The van der Waals surface area contributed by atoms with Crippen LogP contribution in [0.3, 0.4) is 0 Å². The number of carbonyl (C=O) groups is 2. The molecular formula is C22H36N2O3. The summed E-state index contributed by atoms with van der Waals surface area (Å²) in [6.45, 7) is 14.8. The molecule has 0 aliphatic heterocycles. The molecule has 0 spiro atoms. The van der Waals surface area contributed by atoms with E-state index < -0.39 is 5.41 Å². The normalized spacial score (nSPS) is 13.1. The Morgan fingerprint density at radius 2 is 1.63 bits per heavy atom. The van der Waals surface area contributed by atoms with Crippen LogP contribution in [0.1, 0.15) is 60.5 Å². The first-order valence-corrected chi connectivity index (χ1v) is 9.73. The van der Waals surface area contributed by atoms with E-state index in [0.717, 1.165) is 11.3 Å². The number of carbonyl (C=O) groups excluding carboxylic acids is 2. The fourth-order valence-corrected chi connectivity index (χ4v) is 2.70. The van der Waals surface area contributed by atoms with Gasteiger partial charge in [-0.25, -0.2) is 0 Å². The van der Waals surface area contributed by atoms with Gasteiger partial charge >= 0.3 is 0 Å². The Hall–Kier alpha value is -1.88. The molecule has 1 amide bonds. The second kappa shape index (κ2) is 9.88. The SMILES string of the molecule is CCC(=O)NCCOc1ccc(CC(NC(C)(C)C)C(=O)C(C)(C)C)cc1. The average Bonchev–Trinajstić information content (AvgIpc) is 2.56. The van der Waals surface area contributed by atoms with E-state index in [1.807, 2.05) is 52.0 Å². The molecule has 2 N–H and O–H groups in total. The van der Waals surface area contributed by atoms with Gasteiger partial charge in [-0.15, -0.1) is 0 Å². The summed E-state index contributed by atoms with van der Waals surface area (Å²) in [6.07, 6.45) is 1.12. The Bertz CT molecular complexity index is 610. The van der Waals surface area contributed by atoms with Gasteiger partial charge in [0.25, 0.3) is 0 Å². The lowest BCUT2D eigenvalue weighted by Crippen LogP contribution is -2.51. The largest absolute Gasteiger partial charge is 0.492 e. The molecule has 27 heavy (non-hydrogen) atoms. The van der Waals surface area contributed by atoms with Crippen molar-refractivity contribution in [2.45, 2.75) is 72.9 Å². The smallest absolute Gasteiger partial charge is 0.219 e. The summed E-state index contributed by atoms with van der Waals surface area (Å²) >= 11 is 0. The first-order valence-electron chi connectivity index (χ1n) is 9.73. The maximum atomic E-state index is 12.8. The molecule has 1 rings (SSSR count). The van der Waals surface area contributed by atoms with Crippen molar-refractivity contribution in [1.82, 2.24) is 10.6 Å².